The van der Waals surface area contributed by atoms with Crippen molar-refractivity contribution in [3.63, 3.8) is 0 Å². The van der Waals surface area contributed by atoms with E-state index in [0.717, 1.165) is 5.56 Å². The molecule has 2 atom stereocenters. The number of aliphatic carboxylic acids is 1. The Morgan fingerprint density at radius 3 is 2.61 bits per heavy atom. The SMILES string of the molecule is NCC(=O)N1CCCC1C(=O)NC(Cc1ccccc1)C(=O)O. The van der Waals surface area contributed by atoms with E-state index in [1.54, 1.807) is 0 Å². The zero-order valence-electron chi connectivity index (χ0n) is 12.8. The van der Waals surface area contributed by atoms with Gasteiger partial charge >= 0.3 is 5.97 Å². The number of hydrogen-bond acceptors (Lipinski definition) is 4. The van der Waals surface area contributed by atoms with Crippen molar-refractivity contribution >= 4 is 17.8 Å². The highest BCUT2D eigenvalue weighted by Gasteiger charge is 2.35. The summed E-state index contributed by atoms with van der Waals surface area (Å²) in [4.78, 5) is 37.0. The summed E-state index contributed by atoms with van der Waals surface area (Å²) in [7, 11) is 0. The van der Waals surface area contributed by atoms with Gasteiger partial charge < -0.3 is 21.1 Å². The Kier molecular flexibility index (Phi) is 5.70. The molecular formula is C16H21N3O4. The molecule has 124 valence electrons. The van der Waals surface area contributed by atoms with Gasteiger partial charge in [-0.2, -0.15) is 0 Å². The zero-order chi connectivity index (χ0) is 16.8. The highest BCUT2D eigenvalue weighted by atomic mass is 16.4. The summed E-state index contributed by atoms with van der Waals surface area (Å²) >= 11 is 0. The van der Waals surface area contributed by atoms with Gasteiger partial charge in [0.1, 0.15) is 12.1 Å². The molecule has 1 aliphatic rings. The number of likely N-dealkylation sites (tertiary alicyclic amines) is 1. The number of carbonyl (C=O) groups is 3. The Hall–Kier alpha value is -2.41. The molecule has 2 unspecified atom stereocenters. The quantitative estimate of drug-likeness (QED) is 0.669. The lowest BCUT2D eigenvalue weighted by Crippen LogP contribution is -2.52. The topological polar surface area (TPSA) is 113 Å². The van der Waals surface area contributed by atoms with Crippen molar-refractivity contribution in [3.05, 3.63) is 35.9 Å². The van der Waals surface area contributed by atoms with Gasteiger partial charge in [-0.15, -0.1) is 0 Å². The second-order valence-corrected chi connectivity index (χ2v) is 5.54. The Morgan fingerprint density at radius 1 is 1.30 bits per heavy atom. The van der Waals surface area contributed by atoms with Crippen molar-refractivity contribution in [3.8, 4) is 0 Å². The average Bonchev–Trinajstić information content (AvgIpc) is 3.04. The predicted molar refractivity (Wildman–Crippen MR) is 83.5 cm³/mol. The van der Waals surface area contributed by atoms with Crippen LogP contribution in [0.5, 0.6) is 0 Å². The minimum absolute atomic E-state index is 0.157. The van der Waals surface area contributed by atoms with Gasteiger partial charge in [-0.1, -0.05) is 30.3 Å². The number of benzene rings is 1. The van der Waals surface area contributed by atoms with E-state index in [1.807, 2.05) is 30.3 Å². The van der Waals surface area contributed by atoms with Crippen LogP contribution in [-0.4, -0.2) is 53.0 Å². The molecule has 1 saturated heterocycles. The number of carboxylic acids is 1. The van der Waals surface area contributed by atoms with Gasteiger partial charge in [0, 0.05) is 13.0 Å². The second-order valence-electron chi connectivity index (χ2n) is 5.54. The molecule has 1 aliphatic heterocycles. The standard InChI is InChI=1S/C16H21N3O4/c17-10-14(20)19-8-4-7-13(19)15(21)18-12(16(22)23)9-11-5-2-1-3-6-11/h1-3,5-6,12-13H,4,7-10,17H2,(H,18,21)(H,22,23). The third-order valence-electron chi connectivity index (χ3n) is 3.95. The highest BCUT2D eigenvalue weighted by Crippen LogP contribution is 2.17. The minimum Gasteiger partial charge on any atom is -0.480 e. The molecule has 1 aromatic rings. The van der Waals surface area contributed by atoms with E-state index < -0.39 is 24.0 Å². The molecule has 0 radical (unpaired) electrons. The van der Waals surface area contributed by atoms with Crippen LogP contribution in [0.1, 0.15) is 18.4 Å². The normalized spacial score (nSPS) is 18.5. The number of amides is 2. The van der Waals surface area contributed by atoms with Crippen LogP contribution in [0.2, 0.25) is 0 Å². The molecule has 1 fully saturated rings. The molecule has 0 saturated carbocycles. The van der Waals surface area contributed by atoms with Crippen molar-refractivity contribution in [2.75, 3.05) is 13.1 Å². The molecule has 4 N–H and O–H groups in total. The number of nitrogens with zero attached hydrogens (tertiary/aromatic N) is 1. The number of rotatable bonds is 6. The van der Waals surface area contributed by atoms with Gasteiger partial charge in [0.2, 0.25) is 11.8 Å². The van der Waals surface area contributed by atoms with Gasteiger partial charge in [0.15, 0.2) is 0 Å². The third kappa shape index (κ3) is 4.29. The first-order valence-corrected chi connectivity index (χ1v) is 7.59. The molecule has 2 rings (SSSR count). The monoisotopic (exact) mass is 319 g/mol. The van der Waals surface area contributed by atoms with Crippen LogP contribution < -0.4 is 11.1 Å². The summed E-state index contributed by atoms with van der Waals surface area (Å²) in [5.41, 5.74) is 6.17. The number of nitrogens with two attached hydrogens (primary N) is 1. The van der Waals surface area contributed by atoms with E-state index >= 15 is 0 Å². The summed E-state index contributed by atoms with van der Waals surface area (Å²) in [6, 6.07) is 7.42. The number of carboxylic acid groups (broad SMARTS) is 1. The summed E-state index contributed by atoms with van der Waals surface area (Å²) < 4.78 is 0. The summed E-state index contributed by atoms with van der Waals surface area (Å²) in [6.45, 7) is 0.320. The smallest absolute Gasteiger partial charge is 0.326 e. The molecule has 0 spiro atoms. The molecule has 7 nitrogen and oxygen atoms in total. The molecule has 0 aromatic heterocycles. The summed E-state index contributed by atoms with van der Waals surface area (Å²) in [5, 5.41) is 11.9. The number of hydrogen-bond donors (Lipinski definition) is 3. The maximum atomic E-state index is 12.4. The Labute approximate surface area is 134 Å². The van der Waals surface area contributed by atoms with Crippen molar-refractivity contribution in [2.45, 2.75) is 31.3 Å². The maximum absolute atomic E-state index is 12.4. The van der Waals surface area contributed by atoms with Crippen LogP contribution in [0.4, 0.5) is 0 Å². The fraction of sp³-hybridized carbons (Fsp3) is 0.438. The molecule has 1 heterocycles. The van der Waals surface area contributed by atoms with E-state index in [-0.39, 0.29) is 18.9 Å². The van der Waals surface area contributed by atoms with Gasteiger partial charge in [-0.05, 0) is 18.4 Å². The van der Waals surface area contributed by atoms with Crippen molar-refractivity contribution in [1.29, 1.82) is 0 Å². The van der Waals surface area contributed by atoms with Gasteiger partial charge in [0.25, 0.3) is 0 Å². The fourth-order valence-corrected chi connectivity index (χ4v) is 2.77. The van der Waals surface area contributed by atoms with E-state index in [9.17, 15) is 19.5 Å². The number of carbonyl (C=O) groups excluding carboxylic acids is 2. The number of nitrogens with one attached hydrogen (secondary N) is 1. The Balaban J connectivity index is 2.03. The van der Waals surface area contributed by atoms with Gasteiger partial charge in [0.05, 0.1) is 6.54 Å². The minimum atomic E-state index is -1.10. The Bertz CT molecular complexity index is 576. The van der Waals surface area contributed by atoms with Gasteiger partial charge in [-0.3, -0.25) is 9.59 Å². The lowest BCUT2D eigenvalue weighted by Gasteiger charge is -2.25. The van der Waals surface area contributed by atoms with E-state index in [2.05, 4.69) is 5.32 Å². The summed E-state index contributed by atoms with van der Waals surface area (Å²) in [5.74, 6) is -1.83. The highest BCUT2D eigenvalue weighted by molar-refractivity contribution is 5.91. The third-order valence-corrected chi connectivity index (χ3v) is 3.95. The zero-order valence-corrected chi connectivity index (χ0v) is 12.8. The van der Waals surface area contributed by atoms with Crippen LogP contribution in [0, 0.1) is 0 Å². The van der Waals surface area contributed by atoms with Crippen LogP contribution in [0.15, 0.2) is 30.3 Å². The second kappa shape index (κ2) is 7.73. The first kappa shape index (κ1) is 17.0. The summed E-state index contributed by atoms with van der Waals surface area (Å²) in [6.07, 6.45) is 1.43. The molecular weight excluding hydrogens is 298 g/mol. The largest absolute Gasteiger partial charge is 0.480 e. The Morgan fingerprint density at radius 2 is 2.00 bits per heavy atom. The van der Waals surface area contributed by atoms with E-state index in [4.69, 9.17) is 5.73 Å². The van der Waals surface area contributed by atoms with Crippen molar-refractivity contribution < 1.29 is 19.5 Å². The lowest BCUT2D eigenvalue weighted by molar-refractivity contribution is -0.143. The molecule has 2 amide bonds. The predicted octanol–water partition coefficient (Wildman–Crippen LogP) is -0.252. The molecule has 0 aliphatic carbocycles. The van der Waals surface area contributed by atoms with Crippen LogP contribution >= 0.6 is 0 Å². The van der Waals surface area contributed by atoms with Crippen molar-refractivity contribution in [2.24, 2.45) is 5.73 Å². The molecule has 7 heteroatoms. The van der Waals surface area contributed by atoms with Gasteiger partial charge in [-0.25, -0.2) is 4.79 Å². The molecule has 23 heavy (non-hydrogen) atoms. The molecule has 1 aromatic carbocycles. The maximum Gasteiger partial charge on any atom is 0.326 e. The first-order chi connectivity index (χ1) is 11.0. The van der Waals surface area contributed by atoms with E-state index in [0.29, 0.717) is 19.4 Å². The lowest BCUT2D eigenvalue weighted by atomic mass is 10.1. The van der Waals surface area contributed by atoms with Crippen molar-refractivity contribution in [1.82, 2.24) is 10.2 Å². The molecule has 0 bridgehead atoms. The van der Waals surface area contributed by atoms with Crippen LogP contribution in [0.3, 0.4) is 0 Å². The van der Waals surface area contributed by atoms with Crippen LogP contribution in [0.25, 0.3) is 0 Å². The average molecular weight is 319 g/mol. The van der Waals surface area contributed by atoms with Crippen LogP contribution in [-0.2, 0) is 20.8 Å². The van der Waals surface area contributed by atoms with E-state index in [1.165, 1.54) is 4.90 Å². The fourth-order valence-electron chi connectivity index (χ4n) is 2.77. The first-order valence-electron chi connectivity index (χ1n) is 7.59.